The zero-order valence-corrected chi connectivity index (χ0v) is 14.8. The number of nitrogens with one attached hydrogen (secondary N) is 2. The number of ether oxygens (including phenoxy) is 1. The Morgan fingerprint density at radius 1 is 1.00 bits per heavy atom. The van der Waals surface area contributed by atoms with Crippen molar-refractivity contribution >= 4 is 28.1 Å². The fraction of sp³-hybridized carbons (Fsp3) is 0.136. The molecule has 0 radical (unpaired) electrons. The van der Waals surface area contributed by atoms with Gasteiger partial charge in [0.05, 0.1) is 6.54 Å². The Balaban J connectivity index is 1.56. The normalized spacial score (nSPS) is 10.3. The average molecular weight is 346 g/mol. The van der Waals surface area contributed by atoms with E-state index in [-0.39, 0.29) is 12.5 Å². The summed E-state index contributed by atoms with van der Waals surface area (Å²) >= 11 is 0. The molecule has 132 valence electrons. The summed E-state index contributed by atoms with van der Waals surface area (Å²) in [7, 11) is 0. The predicted octanol–water partition coefficient (Wildman–Crippen LogP) is 4.85. The Kier molecular flexibility index (Phi) is 5.54. The van der Waals surface area contributed by atoms with Crippen LogP contribution < -0.4 is 15.4 Å². The van der Waals surface area contributed by atoms with Crippen molar-refractivity contribution in [2.75, 3.05) is 23.8 Å². The third-order valence-corrected chi connectivity index (χ3v) is 3.85. The summed E-state index contributed by atoms with van der Waals surface area (Å²) < 4.78 is 5.55. The Morgan fingerprint density at radius 3 is 2.50 bits per heavy atom. The minimum Gasteiger partial charge on any atom is -0.489 e. The zero-order chi connectivity index (χ0) is 18.4. The van der Waals surface area contributed by atoms with Gasteiger partial charge in [0, 0.05) is 16.8 Å². The lowest BCUT2D eigenvalue weighted by Crippen LogP contribution is -2.21. The van der Waals surface area contributed by atoms with Gasteiger partial charge in [-0.15, -0.1) is 0 Å². The second kappa shape index (κ2) is 8.21. The lowest BCUT2D eigenvalue weighted by Gasteiger charge is -2.11. The molecule has 0 aromatic heterocycles. The van der Waals surface area contributed by atoms with Crippen molar-refractivity contribution in [2.24, 2.45) is 0 Å². The molecule has 0 saturated carbocycles. The molecular formula is C22H22N2O2. The standard InChI is InChI=1S/C22H22N2O2/c1-16(2)15-26-19-12-10-18(11-13-19)24-22(25)14-23-21-9-5-7-17-6-3-4-8-20(17)21/h3-13,23H,1,14-15H2,2H3,(H,24,25). The SMILES string of the molecule is C=C(C)COc1ccc(NC(=O)CNc2cccc3ccccc23)cc1. The van der Waals surface area contributed by atoms with Gasteiger partial charge in [-0.1, -0.05) is 43.0 Å². The van der Waals surface area contributed by atoms with Gasteiger partial charge < -0.3 is 15.4 Å². The van der Waals surface area contributed by atoms with Gasteiger partial charge >= 0.3 is 0 Å². The fourth-order valence-corrected chi connectivity index (χ4v) is 2.60. The highest BCUT2D eigenvalue weighted by atomic mass is 16.5. The van der Waals surface area contributed by atoms with E-state index in [0.29, 0.717) is 6.61 Å². The summed E-state index contributed by atoms with van der Waals surface area (Å²) in [5.41, 5.74) is 2.64. The van der Waals surface area contributed by atoms with E-state index >= 15 is 0 Å². The van der Waals surface area contributed by atoms with Crippen LogP contribution in [-0.4, -0.2) is 19.1 Å². The monoisotopic (exact) mass is 346 g/mol. The summed E-state index contributed by atoms with van der Waals surface area (Å²) in [4.78, 5) is 12.2. The summed E-state index contributed by atoms with van der Waals surface area (Å²) in [6, 6.07) is 21.4. The first kappa shape index (κ1) is 17.5. The molecule has 0 aliphatic heterocycles. The van der Waals surface area contributed by atoms with E-state index in [1.807, 2.05) is 61.5 Å². The highest BCUT2D eigenvalue weighted by Crippen LogP contribution is 2.22. The van der Waals surface area contributed by atoms with Gasteiger partial charge in [0.25, 0.3) is 0 Å². The van der Waals surface area contributed by atoms with Gasteiger partial charge in [0.2, 0.25) is 5.91 Å². The molecule has 4 heteroatoms. The summed E-state index contributed by atoms with van der Waals surface area (Å²) in [5, 5.41) is 8.32. The van der Waals surface area contributed by atoms with Crippen molar-refractivity contribution < 1.29 is 9.53 Å². The highest BCUT2D eigenvalue weighted by molar-refractivity contribution is 5.97. The minimum atomic E-state index is -0.103. The van der Waals surface area contributed by atoms with Crippen LogP contribution in [0.4, 0.5) is 11.4 Å². The summed E-state index contributed by atoms with van der Waals surface area (Å²) in [6.45, 7) is 6.40. The topological polar surface area (TPSA) is 50.4 Å². The second-order valence-electron chi connectivity index (χ2n) is 6.20. The average Bonchev–Trinajstić information content (AvgIpc) is 2.65. The third-order valence-electron chi connectivity index (χ3n) is 3.85. The number of anilines is 2. The molecule has 0 aliphatic rings. The van der Waals surface area contributed by atoms with E-state index < -0.39 is 0 Å². The Hall–Kier alpha value is -3.27. The molecule has 0 bridgehead atoms. The third kappa shape index (κ3) is 4.63. The highest BCUT2D eigenvalue weighted by Gasteiger charge is 2.05. The van der Waals surface area contributed by atoms with E-state index in [0.717, 1.165) is 33.5 Å². The summed E-state index contributed by atoms with van der Waals surface area (Å²) in [6.07, 6.45) is 0. The smallest absolute Gasteiger partial charge is 0.243 e. The molecule has 0 unspecified atom stereocenters. The molecule has 0 aliphatic carbocycles. The molecule has 3 aromatic carbocycles. The minimum absolute atomic E-state index is 0.103. The first-order chi connectivity index (χ1) is 12.6. The second-order valence-corrected chi connectivity index (χ2v) is 6.20. The number of amides is 1. The van der Waals surface area contributed by atoms with E-state index in [1.165, 1.54) is 0 Å². The number of carbonyl (C=O) groups excluding carboxylic acids is 1. The molecule has 3 aromatic rings. The van der Waals surface area contributed by atoms with E-state index in [9.17, 15) is 4.79 Å². The fourth-order valence-electron chi connectivity index (χ4n) is 2.60. The molecule has 0 spiro atoms. The maximum atomic E-state index is 12.2. The largest absolute Gasteiger partial charge is 0.489 e. The van der Waals surface area contributed by atoms with Crippen LogP contribution in [0.3, 0.4) is 0 Å². The lowest BCUT2D eigenvalue weighted by atomic mass is 10.1. The van der Waals surface area contributed by atoms with Crippen LogP contribution in [0.25, 0.3) is 10.8 Å². The van der Waals surface area contributed by atoms with Gasteiger partial charge in [0.15, 0.2) is 0 Å². The van der Waals surface area contributed by atoms with E-state index in [2.05, 4.69) is 29.3 Å². The molecular weight excluding hydrogens is 324 g/mol. The first-order valence-electron chi connectivity index (χ1n) is 8.50. The number of fused-ring (bicyclic) bond motifs is 1. The van der Waals surface area contributed by atoms with Crippen LogP contribution in [0.15, 0.2) is 78.9 Å². The van der Waals surface area contributed by atoms with Crippen LogP contribution in [0, 0.1) is 0 Å². The molecule has 0 saturated heterocycles. The number of hydrogen-bond acceptors (Lipinski definition) is 3. The molecule has 3 rings (SSSR count). The Morgan fingerprint density at radius 2 is 1.73 bits per heavy atom. The zero-order valence-electron chi connectivity index (χ0n) is 14.8. The molecule has 0 atom stereocenters. The van der Waals surface area contributed by atoms with Crippen molar-refractivity contribution in [3.05, 3.63) is 78.9 Å². The van der Waals surface area contributed by atoms with E-state index in [1.54, 1.807) is 0 Å². The van der Waals surface area contributed by atoms with Gasteiger partial charge in [-0.3, -0.25) is 4.79 Å². The molecule has 26 heavy (non-hydrogen) atoms. The Bertz CT molecular complexity index is 912. The Labute approximate surface area is 153 Å². The van der Waals surface area contributed by atoms with Crippen LogP contribution in [0.5, 0.6) is 5.75 Å². The van der Waals surface area contributed by atoms with E-state index in [4.69, 9.17) is 4.74 Å². The predicted molar refractivity (Wildman–Crippen MR) is 108 cm³/mol. The van der Waals surface area contributed by atoms with Gasteiger partial charge in [-0.2, -0.15) is 0 Å². The van der Waals surface area contributed by atoms with Crippen molar-refractivity contribution in [2.45, 2.75) is 6.92 Å². The molecule has 0 heterocycles. The number of hydrogen-bond donors (Lipinski definition) is 2. The van der Waals surface area contributed by atoms with Crippen molar-refractivity contribution in [3.63, 3.8) is 0 Å². The molecule has 4 nitrogen and oxygen atoms in total. The maximum Gasteiger partial charge on any atom is 0.243 e. The van der Waals surface area contributed by atoms with Crippen LogP contribution in [-0.2, 0) is 4.79 Å². The quantitative estimate of drug-likeness (QED) is 0.602. The maximum absolute atomic E-state index is 12.2. The molecule has 1 amide bonds. The van der Waals surface area contributed by atoms with Crippen molar-refractivity contribution in [3.8, 4) is 5.75 Å². The number of carbonyl (C=O) groups is 1. The van der Waals surface area contributed by atoms with Gasteiger partial charge in [0.1, 0.15) is 12.4 Å². The van der Waals surface area contributed by atoms with Gasteiger partial charge in [-0.25, -0.2) is 0 Å². The van der Waals surface area contributed by atoms with Gasteiger partial charge in [-0.05, 0) is 48.2 Å². The van der Waals surface area contributed by atoms with Crippen molar-refractivity contribution in [1.82, 2.24) is 0 Å². The molecule has 2 N–H and O–H groups in total. The van der Waals surface area contributed by atoms with Crippen LogP contribution in [0.1, 0.15) is 6.92 Å². The number of rotatable bonds is 7. The van der Waals surface area contributed by atoms with Crippen molar-refractivity contribution in [1.29, 1.82) is 0 Å². The van der Waals surface area contributed by atoms with Crippen LogP contribution >= 0.6 is 0 Å². The first-order valence-corrected chi connectivity index (χ1v) is 8.50. The number of benzene rings is 3. The molecule has 0 fully saturated rings. The lowest BCUT2D eigenvalue weighted by molar-refractivity contribution is -0.114. The summed E-state index contributed by atoms with van der Waals surface area (Å²) in [5.74, 6) is 0.647. The van der Waals surface area contributed by atoms with Crippen LogP contribution in [0.2, 0.25) is 0 Å².